The molecule has 0 saturated carbocycles. The Kier molecular flexibility index (Phi) is 5.30. The Morgan fingerprint density at radius 3 is 2.86 bits per heavy atom. The highest BCUT2D eigenvalue weighted by molar-refractivity contribution is 6.33. The fraction of sp³-hybridized carbons (Fsp3) is 0.357. The van der Waals surface area contributed by atoms with Crippen LogP contribution in [-0.4, -0.2) is 32.6 Å². The highest BCUT2D eigenvalue weighted by Gasteiger charge is 2.18. The molecule has 0 aliphatic heterocycles. The van der Waals surface area contributed by atoms with Crippen molar-refractivity contribution in [2.24, 2.45) is 0 Å². The Balaban J connectivity index is 2.34. The van der Waals surface area contributed by atoms with Gasteiger partial charge in [0.25, 0.3) is 0 Å². The van der Waals surface area contributed by atoms with Gasteiger partial charge in [-0.1, -0.05) is 41.9 Å². The van der Waals surface area contributed by atoms with Gasteiger partial charge in [-0.25, -0.2) is 4.68 Å². The van der Waals surface area contributed by atoms with Gasteiger partial charge in [-0.3, -0.25) is 4.79 Å². The van der Waals surface area contributed by atoms with E-state index in [4.69, 9.17) is 11.6 Å². The van der Waals surface area contributed by atoms with Crippen molar-refractivity contribution in [1.82, 2.24) is 20.3 Å². The molecule has 1 aromatic carbocycles. The van der Waals surface area contributed by atoms with E-state index >= 15 is 0 Å². The summed E-state index contributed by atoms with van der Waals surface area (Å²) in [6.07, 6.45) is 0.863. The van der Waals surface area contributed by atoms with Gasteiger partial charge in [-0.15, -0.1) is 5.10 Å². The number of amides is 1. The molecule has 2 aromatic rings. The van der Waals surface area contributed by atoms with Crippen molar-refractivity contribution in [3.63, 3.8) is 0 Å². The number of carbonyl (C=O) groups excluding carboxylic acids is 1. The number of aliphatic hydroxyl groups is 1. The summed E-state index contributed by atoms with van der Waals surface area (Å²) >= 11 is 6.19. The number of benzene rings is 1. The van der Waals surface area contributed by atoms with E-state index in [9.17, 15) is 9.90 Å². The lowest BCUT2D eigenvalue weighted by Gasteiger charge is -2.09. The molecule has 0 atom stereocenters. The number of nitrogens with zero attached hydrogens (tertiary/aromatic N) is 3. The molecule has 2 rings (SSSR count). The molecule has 2 N–H and O–H groups in total. The Bertz CT molecular complexity index is 627. The Morgan fingerprint density at radius 1 is 1.43 bits per heavy atom. The lowest BCUT2D eigenvalue weighted by Crippen LogP contribution is -2.28. The second-order valence-electron chi connectivity index (χ2n) is 4.53. The number of aliphatic hydroxyl groups excluding tert-OH is 1. The number of carbonyl (C=O) groups is 1. The molecule has 112 valence electrons. The first-order chi connectivity index (χ1) is 10.2. The van der Waals surface area contributed by atoms with Crippen LogP contribution < -0.4 is 5.32 Å². The van der Waals surface area contributed by atoms with Gasteiger partial charge in [0, 0.05) is 12.1 Å². The minimum Gasteiger partial charge on any atom is -0.390 e. The van der Waals surface area contributed by atoms with Crippen molar-refractivity contribution >= 4 is 17.5 Å². The molecule has 0 bridgehead atoms. The smallest absolute Gasteiger partial charge is 0.241 e. The zero-order valence-corrected chi connectivity index (χ0v) is 12.5. The Hall–Kier alpha value is -1.92. The summed E-state index contributed by atoms with van der Waals surface area (Å²) in [6.45, 7) is 2.36. The Labute approximate surface area is 127 Å². The predicted octanol–water partition coefficient (Wildman–Crippen LogP) is 1.62. The second kappa shape index (κ2) is 7.19. The molecule has 0 aliphatic carbocycles. The van der Waals surface area contributed by atoms with Crippen molar-refractivity contribution in [2.45, 2.75) is 26.5 Å². The normalized spacial score (nSPS) is 10.6. The van der Waals surface area contributed by atoms with E-state index in [0.29, 0.717) is 28.5 Å². The van der Waals surface area contributed by atoms with Gasteiger partial charge in [-0.05, 0) is 12.5 Å². The van der Waals surface area contributed by atoms with E-state index < -0.39 is 0 Å². The molecule has 1 amide bonds. The SMILES string of the molecule is CCCNC(=O)Cn1nnc(CO)c1-c1ccccc1Cl. The molecule has 0 saturated heterocycles. The van der Waals surface area contributed by atoms with Crippen LogP contribution in [-0.2, 0) is 17.9 Å². The summed E-state index contributed by atoms with van der Waals surface area (Å²) in [5, 5.41) is 20.5. The number of nitrogens with one attached hydrogen (secondary N) is 1. The van der Waals surface area contributed by atoms with Gasteiger partial charge in [0.05, 0.1) is 17.3 Å². The third-order valence-corrected chi connectivity index (χ3v) is 3.28. The van der Waals surface area contributed by atoms with E-state index in [1.54, 1.807) is 12.1 Å². The summed E-state index contributed by atoms with van der Waals surface area (Å²) in [5.41, 5.74) is 1.65. The molecule has 21 heavy (non-hydrogen) atoms. The molecule has 0 unspecified atom stereocenters. The molecule has 6 nitrogen and oxygen atoms in total. The molecule has 1 heterocycles. The average Bonchev–Trinajstić information content (AvgIpc) is 2.88. The van der Waals surface area contributed by atoms with Crippen molar-refractivity contribution < 1.29 is 9.90 Å². The van der Waals surface area contributed by atoms with Crippen LogP contribution in [0.2, 0.25) is 5.02 Å². The lowest BCUT2D eigenvalue weighted by molar-refractivity contribution is -0.121. The second-order valence-corrected chi connectivity index (χ2v) is 4.94. The van der Waals surface area contributed by atoms with Crippen molar-refractivity contribution in [3.05, 3.63) is 35.0 Å². The largest absolute Gasteiger partial charge is 0.390 e. The maximum absolute atomic E-state index is 11.8. The topological polar surface area (TPSA) is 80.0 Å². The van der Waals surface area contributed by atoms with Gasteiger partial charge in [0.1, 0.15) is 12.2 Å². The molecule has 0 radical (unpaired) electrons. The quantitative estimate of drug-likeness (QED) is 0.850. The zero-order chi connectivity index (χ0) is 15.2. The minimum atomic E-state index is -0.267. The zero-order valence-electron chi connectivity index (χ0n) is 11.7. The van der Waals surface area contributed by atoms with E-state index in [1.165, 1.54) is 4.68 Å². The lowest BCUT2D eigenvalue weighted by atomic mass is 10.1. The predicted molar refractivity (Wildman–Crippen MR) is 79.7 cm³/mol. The van der Waals surface area contributed by atoms with Gasteiger partial charge < -0.3 is 10.4 Å². The van der Waals surface area contributed by atoms with Crippen LogP contribution in [0.3, 0.4) is 0 Å². The van der Waals surface area contributed by atoms with E-state index in [1.807, 2.05) is 19.1 Å². The summed E-state index contributed by atoms with van der Waals surface area (Å²) in [5.74, 6) is -0.153. The standard InChI is InChI=1S/C14H17ClN4O2/c1-2-7-16-13(21)8-19-14(12(9-20)17-18-19)10-5-3-4-6-11(10)15/h3-6,20H,2,7-9H2,1H3,(H,16,21). The van der Waals surface area contributed by atoms with Crippen LogP contribution in [0, 0.1) is 0 Å². The molecule has 0 spiro atoms. The molecule has 0 fully saturated rings. The highest BCUT2D eigenvalue weighted by atomic mass is 35.5. The number of hydrogen-bond acceptors (Lipinski definition) is 4. The number of hydrogen-bond donors (Lipinski definition) is 2. The van der Waals surface area contributed by atoms with Crippen molar-refractivity contribution in [2.75, 3.05) is 6.54 Å². The number of halogens is 1. The van der Waals surface area contributed by atoms with Crippen LogP contribution in [0.1, 0.15) is 19.0 Å². The first kappa shape index (κ1) is 15.5. The fourth-order valence-corrected chi connectivity index (χ4v) is 2.20. The number of aromatic nitrogens is 3. The summed E-state index contributed by atoms with van der Waals surface area (Å²) in [4.78, 5) is 11.8. The first-order valence-electron chi connectivity index (χ1n) is 6.72. The first-order valence-corrected chi connectivity index (χ1v) is 7.10. The van der Waals surface area contributed by atoms with Gasteiger partial charge >= 0.3 is 0 Å². The minimum absolute atomic E-state index is 0.0353. The van der Waals surface area contributed by atoms with E-state index in [0.717, 1.165) is 6.42 Å². The number of rotatable bonds is 6. The maximum atomic E-state index is 11.8. The van der Waals surface area contributed by atoms with E-state index in [2.05, 4.69) is 15.6 Å². The van der Waals surface area contributed by atoms with Crippen LogP contribution >= 0.6 is 11.6 Å². The summed E-state index contributed by atoms with van der Waals surface area (Å²) < 4.78 is 1.46. The highest BCUT2D eigenvalue weighted by Crippen LogP contribution is 2.29. The molecule has 0 aliphatic rings. The molecule has 1 aromatic heterocycles. The Morgan fingerprint density at radius 2 is 2.19 bits per heavy atom. The molecular formula is C14H17ClN4O2. The van der Waals surface area contributed by atoms with Crippen LogP contribution in [0.4, 0.5) is 0 Å². The van der Waals surface area contributed by atoms with Gasteiger partial charge in [0.2, 0.25) is 5.91 Å². The van der Waals surface area contributed by atoms with Crippen molar-refractivity contribution in [1.29, 1.82) is 0 Å². The monoisotopic (exact) mass is 308 g/mol. The fourth-order valence-electron chi connectivity index (χ4n) is 1.97. The van der Waals surface area contributed by atoms with Crippen molar-refractivity contribution in [3.8, 4) is 11.3 Å². The summed E-state index contributed by atoms with van der Waals surface area (Å²) in [7, 11) is 0. The van der Waals surface area contributed by atoms with Crippen LogP contribution in [0.15, 0.2) is 24.3 Å². The molecule has 7 heteroatoms. The van der Waals surface area contributed by atoms with Crippen LogP contribution in [0.25, 0.3) is 11.3 Å². The van der Waals surface area contributed by atoms with E-state index in [-0.39, 0.29) is 19.1 Å². The maximum Gasteiger partial charge on any atom is 0.241 e. The summed E-state index contributed by atoms with van der Waals surface area (Å²) in [6, 6.07) is 7.19. The van der Waals surface area contributed by atoms with Gasteiger partial charge in [0.15, 0.2) is 0 Å². The average molecular weight is 309 g/mol. The van der Waals surface area contributed by atoms with Gasteiger partial charge in [-0.2, -0.15) is 0 Å². The molecular weight excluding hydrogens is 292 g/mol. The third-order valence-electron chi connectivity index (χ3n) is 2.95. The van der Waals surface area contributed by atoms with Crippen LogP contribution in [0.5, 0.6) is 0 Å². The third kappa shape index (κ3) is 3.59.